The lowest BCUT2D eigenvalue weighted by Gasteiger charge is -2.40. The number of carbonyl (C=O) groups excluding carboxylic acids is 1. The highest BCUT2D eigenvalue weighted by Crippen LogP contribution is 2.39. The number of nitrogens with zero attached hydrogens (tertiary/aromatic N) is 6. The fourth-order valence-corrected chi connectivity index (χ4v) is 6.25. The van der Waals surface area contributed by atoms with E-state index in [0.717, 1.165) is 11.1 Å². The molecule has 2 aliphatic heterocycles. The van der Waals surface area contributed by atoms with Crippen molar-refractivity contribution >= 4 is 37.9 Å². The Bertz CT molecular complexity index is 1270. The molecule has 0 bridgehead atoms. The third kappa shape index (κ3) is 5.68. The van der Waals surface area contributed by atoms with Crippen molar-refractivity contribution in [3.05, 3.63) is 47.8 Å². The lowest BCUT2D eigenvalue weighted by Crippen LogP contribution is -2.53. The molecule has 0 spiro atoms. The predicted molar refractivity (Wildman–Crippen MR) is 143 cm³/mol. The first-order valence-corrected chi connectivity index (χ1v) is 14.2. The molecular formula is C25H31F3N7OPS. The molecule has 1 aromatic carbocycles. The minimum absolute atomic E-state index is 0.00634. The maximum Gasteiger partial charge on any atom is 0.283 e. The summed E-state index contributed by atoms with van der Waals surface area (Å²) in [4.78, 5) is 21.6. The lowest BCUT2D eigenvalue weighted by atomic mass is 9.90. The van der Waals surface area contributed by atoms with E-state index < -0.39 is 17.2 Å². The van der Waals surface area contributed by atoms with Gasteiger partial charge in [-0.25, -0.2) is 9.37 Å². The van der Waals surface area contributed by atoms with Gasteiger partial charge in [0.15, 0.2) is 10.8 Å². The second kappa shape index (κ2) is 11.1. The number of carbonyl (C=O) groups is 1. The second-order valence-electron chi connectivity index (χ2n) is 9.92. The van der Waals surface area contributed by atoms with E-state index in [4.69, 9.17) is 5.73 Å². The van der Waals surface area contributed by atoms with Crippen LogP contribution in [0.3, 0.4) is 0 Å². The van der Waals surface area contributed by atoms with Crippen LogP contribution in [-0.2, 0) is 17.0 Å². The highest BCUT2D eigenvalue weighted by Gasteiger charge is 2.45. The Kier molecular flexibility index (Phi) is 7.96. The van der Waals surface area contributed by atoms with Gasteiger partial charge >= 0.3 is 0 Å². The number of alkyl halides is 3. The van der Waals surface area contributed by atoms with Crippen LogP contribution in [0.25, 0.3) is 11.0 Å². The molecule has 2 aliphatic rings. The lowest BCUT2D eigenvalue weighted by molar-refractivity contribution is -0.149. The largest absolute Gasteiger partial charge is 0.340 e. The fraction of sp³-hybridized carbons (Fsp3) is 0.520. The zero-order valence-electron chi connectivity index (χ0n) is 20.9. The first kappa shape index (κ1) is 27.3. The summed E-state index contributed by atoms with van der Waals surface area (Å²) in [5.41, 5.74) is 3.00. The molecule has 0 aliphatic carbocycles. The van der Waals surface area contributed by atoms with E-state index in [1.807, 2.05) is 10.6 Å². The summed E-state index contributed by atoms with van der Waals surface area (Å²) < 4.78 is 45.5. The molecule has 2 saturated heterocycles. The molecule has 38 heavy (non-hydrogen) atoms. The first-order chi connectivity index (χ1) is 18.2. The second-order valence-corrected chi connectivity index (χ2v) is 11.6. The maximum absolute atomic E-state index is 15.8. The van der Waals surface area contributed by atoms with Crippen LogP contribution in [0.4, 0.5) is 13.2 Å². The van der Waals surface area contributed by atoms with Gasteiger partial charge in [-0.15, -0.1) is 0 Å². The number of fused-ring (bicyclic) bond motifs is 1. The van der Waals surface area contributed by atoms with Crippen LogP contribution >= 0.6 is 21.0 Å². The van der Waals surface area contributed by atoms with E-state index in [0.29, 0.717) is 62.1 Å². The summed E-state index contributed by atoms with van der Waals surface area (Å²) in [5, 5.41) is 8.33. The number of piperidine rings is 2. The molecule has 1 unspecified atom stereocenters. The van der Waals surface area contributed by atoms with Crippen molar-refractivity contribution in [3.63, 3.8) is 0 Å². The first-order valence-electron chi connectivity index (χ1n) is 12.7. The van der Waals surface area contributed by atoms with Crippen molar-refractivity contribution in [2.24, 2.45) is 5.73 Å². The molecule has 1 atom stereocenters. The maximum atomic E-state index is 15.8. The van der Waals surface area contributed by atoms with Gasteiger partial charge in [0, 0.05) is 69.2 Å². The molecule has 4 heterocycles. The number of likely N-dealkylation sites (tertiary alicyclic amines) is 2. The normalized spacial score (nSPS) is 19.2. The van der Waals surface area contributed by atoms with E-state index in [1.54, 1.807) is 32.6 Å². The van der Waals surface area contributed by atoms with Gasteiger partial charge in [0.2, 0.25) is 0 Å². The van der Waals surface area contributed by atoms with Gasteiger partial charge in [-0.05, 0) is 36.6 Å². The van der Waals surface area contributed by atoms with Crippen molar-refractivity contribution in [1.29, 1.82) is 0 Å². The Morgan fingerprint density at radius 1 is 1.16 bits per heavy atom. The third-order valence-electron chi connectivity index (χ3n) is 7.45. The zero-order valence-corrected chi connectivity index (χ0v) is 22.9. The molecule has 0 radical (unpaired) electrons. The topological polar surface area (TPSA) is 93.2 Å². The van der Waals surface area contributed by atoms with Crippen molar-refractivity contribution in [1.82, 2.24) is 29.5 Å². The smallest absolute Gasteiger partial charge is 0.283 e. The van der Waals surface area contributed by atoms with Gasteiger partial charge in [-0.1, -0.05) is 27.1 Å². The summed E-state index contributed by atoms with van der Waals surface area (Å²) in [6.45, 7) is 2.51. The Labute approximate surface area is 225 Å². The van der Waals surface area contributed by atoms with Crippen LogP contribution in [-0.4, -0.2) is 73.2 Å². The quantitative estimate of drug-likeness (QED) is 0.264. The van der Waals surface area contributed by atoms with Crippen LogP contribution < -0.4 is 5.73 Å². The van der Waals surface area contributed by atoms with Gasteiger partial charge in [0.1, 0.15) is 0 Å². The average molecular weight is 566 g/mol. The number of benzene rings is 1. The van der Waals surface area contributed by atoms with E-state index in [1.165, 1.54) is 23.9 Å². The number of halogens is 3. The summed E-state index contributed by atoms with van der Waals surface area (Å²) in [5.74, 6) is -0.132. The summed E-state index contributed by atoms with van der Waals surface area (Å²) >= 11 is 1.35. The SMILES string of the molecule is NCSc1nc2cc(C(F)(F)P)ccc2n1C1CCN(C(=O)C2(F)CCN(Cc3ccnnc3)CC2)CC1. The molecule has 5 rings (SSSR count). The van der Waals surface area contributed by atoms with E-state index in [-0.39, 0.29) is 24.4 Å². The van der Waals surface area contributed by atoms with Crippen LogP contribution in [0.2, 0.25) is 0 Å². The Morgan fingerprint density at radius 3 is 2.53 bits per heavy atom. The van der Waals surface area contributed by atoms with Crippen molar-refractivity contribution in [2.75, 3.05) is 32.1 Å². The molecule has 2 aromatic heterocycles. The molecule has 2 fully saturated rings. The molecule has 2 N–H and O–H groups in total. The van der Waals surface area contributed by atoms with Gasteiger partial charge < -0.3 is 15.2 Å². The molecule has 0 saturated carbocycles. The van der Waals surface area contributed by atoms with Crippen molar-refractivity contribution in [2.45, 2.75) is 54.8 Å². The molecule has 8 nitrogen and oxygen atoms in total. The number of hydrogen-bond acceptors (Lipinski definition) is 7. The standard InChI is InChI=1S/C25H31F3N7OPS/c26-24(6-11-33(12-7-24)15-17-3-8-30-31-14-17)22(36)34-9-4-19(5-10-34)35-21-2-1-18(25(27,28)37)13-20(21)32-23(35)38-16-29/h1-3,8,13-14,19H,4-7,9-12,15-16,29,37H2. The van der Waals surface area contributed by atoms with Crippen molar-refractivity contribution in [3.8, 4) is 0 Å². The van der Waals surface area contributed by atoms with Gasteiger partial charge in [0.25, 0.3) is 11.6 Å². The average Bonchev–Trinajstić information content (AvgIpc) is 3.27. The van der Waals surface area contributed by atoms with Gasteiger partial charge in [-0.2, -0.15) is 19.0 Å². The number of hydrogen-bond donors (Lipinski definition) is 1. The molecule has 204 valence electrons. The minimum Gasteiger partial charge on any atom is -0.340 e. The van der Waals surface area contributed by atoms with Crippen molar-refractivity contribution < 1.29 is 18.0 Å². The molecule has 13 heteroatoms. The highest BCUT2D eigenvalue weighted by molar-refractivity contribution is 7.99. The van der Waals surface area contributed by atoms with Gasteiger partial charge in [-0.3, -0.25) is 9.69 Å². The minimum atomic E-state index is -3.04. The van der Waals surface area contributed by atoms with E-state index >= 15 is 4.39 Å². The molecule has 3 aromatic rings. The number of thioether (sulfide) groups is 1. The summed E-state index contributed by atoms with van der Waals surface area (Å²) in [6.07, 6.45) is 4.90. The monoisotopic (exact) mass is 565 g/mol. The summed E-state index contributed by atoms with van der Waals surface area (Å²) in [6, 6.07) is 6.38. The number of nitrogens with two attached hydrogens (primary N) is 1. The Balaban J connectivity index is 1.24. The van der Waals surface area contributed by atoms with Crippen LogP contribution in [0.5, 0.6) is 0 Å². The molecular weight excluding hydrogens is 534 g/mol. The Hall–Kier alpha value is -2.27. The zero-order chi connectivity index (χ0) is 26.9. The number of amides is 1. The number of rotatable bonds is 7. The third-order valence-corrected chi connectivity index (χ3v) is 8.50. The highest BCUT2D eigenvalue weighted by atomic mass is 32.2. The van der Waals surface area contributed by atoms with Gasteiger partial charge in [0.05, 0.1) is 17.2 Å². The van der Waals surface area contributed by atoms with Crippen LogP contribution in [0.1, 0.15) is 42.9 Å². The van der Waals surface area contributed by atoms with Crippen LogP contribution in [0, 0.1) is 0 Å². The molecule has 1 amide bonds. The number of imidazole rings is 1. The van der Waals surface area contributed by atoms with E-state index in [9.17, 15) is 13.6 Å². The summed E-state index contributed by atoms with van der Waals surface area (Å²) in [7, 11) is 1.55. The fourth-order valence-electron chi connectivity index (χ4n) is 5.37. The van der Waals surface area contributed by atoms with Crippen LogP contribution in [0.15, 0.2) is 41.8 Å². The van der Waals surface area contributed by atoms with E-state index in [2.05, 4.69) is 20.1 Å². The predicted octanol–water partition coefficient (Wildman–Crippen LogP) is 3.93. The number of aromatic nitrogens is 4. The Morgan fingerprint density at radius 2 is 1.89 bits per heavy atom.